The van der Waals surface area contributed by atoms with Crippen molar-refractivity contribution in [3.63, 3.8) is 0 Å². The maximum Gasteiger partial charge on any atom is -0.0156 e. The van der Waals surface area contributed by atoms with Gasteiger partial charge < -0.3 is 0 Å². The molecule has 1 fully saturated rings. The second-order valence-corrected chi connectivity index (χ2v) is 7.59. The largest absolute Gasteiger partial charge is 0.0999 e. The van der Waals surface area contributed by atoms with Crippen molar-refractivity contribution < 1.29 is 0 Å². The maximum atomic E-state index is 4.13. The van der Waals surface area contributed by atoms with Crippen molar-refractivity contribution in [1.82, 2.24) is 0 Å². The van der Waals surface area contributed by atoms with Crippen molar-refractivity contribution in [3.05, 3.63) is 96.1 Å². The highest BCUT2D eigenvalue weighted by Crippen LogP contribution is 2.35. The van der Waals surface area contributed by atoms with Crippen LogP contribution in [0.1, 0.15) is 42.7 Å². The Morgan fingerprint density at radius 2 is 1.00 bits per heavy atom. The summed E-state index contributed by atoms with van der Waals surface area (Å²) in [5, 5.41) is 0. The highest BCUT2D eigenvalue weighted by molar-refractivity contribution is 5.70. The van der Waals surface area contributed by atoms with Crippen molar-refractivity contribution in [3.8, 4) is 22.3 Å². The molecule has 0 bridgehead atoms. The molecule has 0 aromatic heterocycles. The number of hydrogen-bond donors (Lipinski definition) is 0. The van der Waals surface area contributed by atoms with E-state index in [0.717, 1.165) is 0 Å². The van der Waals surface area contributed by atoms with Crippen molar-refractivity contribution >= 4 is 0 Å². The molecule has 3 aromatic carbocycles. The summed E-state index contributed by atoms with van der Waals surface area (Å²) in [6.45, 7) is 6.25. The van der Waals surface area contributed by atoms with Crippen molar-refractivity contribution in [1.29, 1.82) is 0 Å². The van der Waals surface area contributed by atoms with Gasteiger partial charge in [-0.25, -0.2) is 0 Å². The van der Waals surface area contributed by atoms with Crippen LogP contribution >= 0.6 is 0 Å². The lowest BCUT2D eigenvalue weighted by atomic mass is 9.82. The zero-order chi connectivity index (χ0) is 17.9. The van der Waals surface area contributed by atoms with Crippen LogP contribution in [0.4, 0.5) is 0 Å². The molecule has 0 heteroatoms. The average molecular weight is 338 g/mol. The van der Waals surface area contributed by atoms with E-state index in [1.165, 1.54) is 64.6 Å². The number of aryl methyl sites for hydroxylation is 1. The van der Waals surface area contributed by atoms with Crippen LogP contribution in [-0.2, 0) is 0 Å². The summed E-state index contributed by atoms with van der Waals surface area (Å²) in [7, 11) is 0. The molecule has 0 atom stereocenters. The Morgan fingerprint density at radius 1 is 0.615 bits per heavy atom. The molecular formula is C26H26. The summed E-state index contributed by atoms with van der Waals surface area (Å²) < 4.78 is 0. The van der Waals surface area contributed by atoms with Gasteiger partial charge in [0.25, 0.3) is 0 Å². The Morgan fingerprint density at radius 3 is 1.46 bits per heavy atom. The first kappa shape index (κ1) is 16.8. The van der Waals surface area contributed by atoms with Gasteiger partial charge in [-0.3, -0.25) is 0 Å². The number of allylic oxidation sites excluding steroid dienone is 1. The molecule has 1 aliphatic carbocycles. The van der Waals surface area contributed by atoms with E-state index in [9.17, 15) is 0 Å². The SMILES string of the molecule is C=C1CCC(c2ccc(-c3ccc(-c4ccc(C)cc4)cc3)cc2)CC1. The standard InChI is InChI=1S/C26H26/c1-19-3-7-21(8-4-19)23-11-15-25(16-12-23)26-17-13-24(14-18-26)22-9-5-20(2)6-10-22/h5-6,9-18,21H,1,3-4,7-8H2,2H3. The predicted octanol–water partition coefficient (Wildman–Crippen LogP) is 7.54. The molecule has 0 N–H and O–H groups in total. The molecule has 0 radical (unpaired) electrons. The fraction of sp³-hybridized carbons (Fsp3) is 0.231. The molecule has 3 aromatic rings. The fourth-order valence-corrected chi connectivity index (χ4v) is 3.91. The third kappa shape index (κ3) is 3.65. The van der Waals surface area contributed by atoms with Gasteiger partial charge in [0.2, 0.25) is 0 Å². The van der Waals surface area contributed by atoms with Crippen molar-refractivity contribution in [2.24, 2.45) is 0 Å². The number of benzene rings is 3. The Labute approximate surface area is 157 Å². The summed E-state index contributed by atoms with van der Waals surface area (Å²) in [5.74, 6) is 0.707. The molecule has 1 saturated carbocycles. The number of rotatable bonds is 3. The van der Waals surface area contributed by atoms with Gasteiger partial charge in [0.1, 0.15) is 0 Å². The van der Waals surface area contributed by atoms with Crippen LogP contribution in [0.3, 0.4) is 0 Å². The molecule has 0 saturated heterocycles. The minimum Gasteiger partial charge on any atom is -0.0999 e. The molecule has 26 heavy (non-hydrogen) atoms. The van der Waals surface area contributed by atoms with Gasteiger partial charge in [0.05, 0.1) is 0 Å². The zero-order valence-electron chi connectivity index (χ0n) is 15.5. The van der Waals surface area contributed by atoms with Gasteiger partial charge in [-0.2, -0.15) is 0 Å². The van der Waals surface area contributed by atoms with Crippen molar-refractivity contribution in [2.45, 2.75) is 38.5 Å². The summed E-state index contributed by atoms with van der Waals surface area (Å²) in [6, 6.07) is 26.8. The summed E-state index contributed by atoms with van der Waals surface area (Å²) in [6.07, 6.45) is 4.88. The second-order valence-electron chi connectivity index (χ2n) is 7.59. The topological polar surface area (TPSA) is 0 Å². The molecule has 0 amide bonds. The molecule has 0 unspecified atom stereocenters. The number of hydrogen-bond acceptors (Lipinski definition) is 0. The smallest absolute Gasteiger partial charge is 0.0156 e. The average Bonchev–Trinajstić information content (AvgIpc) is 2.70. The molecule has 130 valence electrons. The van der Waals surface area contributed by atoms with Crippen LogP contribution in [0.5, 0.6) is 0 Å². The van der Waals surface area contributed by atoms with Crippen LogP contribution in [-0.4, -0.2) is 0 Å². The minimum atomic E-state index is 0.707. The van der Waals surface area contributed by atoms with Crippen molar-refractivity contribution in [2.75, 3.05) is 0 Å². The fourth-order valence-electron chi connectivity index (χ4n) is 3.91. The van der Waals surface area contributed by atoms with E-state index in [-0.39, 0.29) is 0 Å². The Balaban J connectivity index is 1.50. The van der Waals surface area contributed by atoms with Crippen LogP contribution in [0, 0.1) is 6.92 Å². The van der Waals surface area contributed by atoms with E-state index >= 15 is 0 Å². The lowest BCUT2D eigenvalue weighted by molar-refractivity contribution is 0.518. The minimum absolute atomic E-state index is 0.707. The summed E-state index contributed by atoms with van der Waals surface area (Å²) >= 11 is 0. The van der Waals surface area contributed by atoms with E-state index in [1.54, 1.807) is 0 Å². The summed E-state index contributed by atoms with van der Waals surface area (Å²) in [4.78, 5) is 0. The molecular weight excluding hydrogens is 312 g/mol. The Hall–Kier alpha value is -2.60. The lowest BCUT2D eigenvalue weighted by Crippen LogP contribution is -2.05. The molecule has 0 nitrogen and oxygen atoms in total. The quantitative estimate of drug-likeness (QED) is 0.433. The van der Waals surface area contributed by atoms with Crippen LogP contribution in [0.15, 0.2) is 84.9 Å². The highest BCUT2D eigenvalue weighted by atomic mass is 14.2. The van der Waals surface area contributed by atoms with Gasteiger partial charge in [-0.05, 0) is 66.3 Å². The van der Waals surface area contributed by atoms with Gasteiger partial charge in [-0.1, -0.05) is 90.5 Å². The normalized spacial score (nSPS) is 15.2. The van der Waals surface area contributed by atoms with Gasteiger partial charge in [0.15, 0.2) is 0 Å². The highest BCUT2D eigenvalue weighted by Gasteiger charge is 2.17. The zero-order valence-corrected chi connectivity index (χ0v) is 15.5. The lowest BCUT2D eigenvalue weighted by Gasteiger charge is -2.23. The maximum absolute atomic E-state index is 4.13. The molecule has 0 spiro atoms. The van der Waals surface area contributed by atoms with Crippen LogP contribution < -0.4 is 0 Å². The molecule has 0 aliphatic heterocycles. The Bertz CT molecular complexity index is 870. The van der Waals surface area contributed by atoms with Gasteiger partial charge in [0, 0.05) is 0 Å². The van der Waals surface area contributed by atoms with Crippen LogP contribution in [0.2, 0.25) is 0 Å². The summed E-state index contributed by atoms with van der Waals surface area (Å²) in [5.41, 5.74) is 9.33. The van der Waals surface area contributed by atoms with E-state index in [4.69, 9.17) is 0 Å². The molecule has 1 aliphatic rings. The third-order valence-corrected chi connectivity index (χ3v) is 5.68. The first-order chi connectivity index (χ1) is 12.7. The predicted molar refractivity (Wildman–Crippen MR) is 112 cm³/mol. The van der Waals surface area contributed by atoms with Gasteiger partial charge >= 0.3 is 0 Å². The first-order valence-corrected chi connectivity index (χ1v) is 9.63. The van der Waals surface area contributed by atoms with E-state index in [1.807, 2.05) is 0 Å². The second kappa shape index (κ2) is 7.33. The monoisotopic (exact) mass is 338 g/mol. The Kier molecular flexibility index (Phi) is 4.75. The third-order valence-electron chi connectivity index (χ3n) is 5.68. The van der Waals surface area contributed by atoms with Crippen LogP contribution in [0.25, 0.3) is 22.3 Å². The van der Waals surface area contributed by atoms with Gasteiger partial charge in [-0.15, -0.1) is 0 Å². The van der Waals surface area contributed by atoms with E-state index < -0.39 is 0 Å². The van der Waals surface area contributed by atoms with E-state index in [2.05, 4.69) is 86.3 Å². The first-order valence-electron chi connectivity index (χ1n) is 9.63. The molecule has 0 heterocycles. The molecule has 4 rings (SSSR count). The van der Waals surface area contributed by atoms with E-state index in [0.29, 0.717) is 5.92 Å².